The van der Waals surface area contributed by atoms with Gasteiger partial charge in [-0.05, 0) is 49.4 Å². The molecule has 21 heavy (non-hydrogen) atoms. The minimum absolute atomic E-state index is 0.283. The monoisotopic (exact) mass is 368 g/mol. The highest BCUT2D eigenvalue weighted by molar-refractivity contribution is 9.10. The summed E-state index contributed by atoms with van der Waals surface area (Å²) in [5, 5.41) is 3.02. The van der Waals surface area contributed by atoms with Gasteiger partial charge in [0.1, 0.15) is 0 Å². The minimum Gasteiger partial charge on any atom is -0.316 e. The minimum atomic E-state index is -3.62. The van der Waals surface area contributed by atoms with Crippen LogP contribution in [0.25, 0.3) is 0 Å². The van der Waals surface area contributed by atoms with Crippen LogP contribution in [0.5, 0.6) is 0 Å². The van der Waals surface area contributed by atoms with Crippen molar-refractivity contribution in [3.63, 3.8) is 0 Å². The van der Waals surface area contributed by atoms with Gasteiger partial charge < -0.3 is 5.32 Å². The van der Waals surface area contributed by atoms with E-state index in [0.29, 0.717) is 17.8 Å². The van der Waals surface area contributed by atoms with Gasteiger partial charge in [0.25, 0.3) is 10.0 Å². The molecule has 0 aliphatic carbocycles. The summed E-state index contributed by atoms with van der Waals surface area (Å²) in [6, 6.07) is 12.5. The SMILES string of the molecule is CNCc1cc(Br)c(C)c(S(=O)(=O)Nc2ccccc2)c1. The zero-order chi connectivity index (χ0) is 15.5. The Bertz CT molecular complexity index is 731. The third-order valence-electron chi connectivity index (χ3n) is 3.05. The standard InChI is InChI=1S/C15H17BrN2O2S/c1-11-14(16)8-12(10-17-2)9-15(11)21(19,20)18-13-6-4-3-5-7-13/h3-9,17-18H,10H2,1-2H3. The Labute approximate surface area is 133 Å². The second kappa shape index (κ2) is 6.60. The van der Waals surface area contributed by atoms with E-state index in [0.717, 1.165) is 10.0 Å². The van der Waals surface area contributed by atoms with E-state index < -0.39 is 10.0 Å². The summed E-state index contributed by atoms with van der Waals surface area (Å²) in [5.41, 5.74) is 2.15. The second-order valence-electron chi connectivity index (χ2n) is 4.70. The van der Waals surface area contributed by atoms with Crippen LogP contribution in [0.1, 0.15) is 11.1 Å². The lowest BCUT2D eigenvalue weighted by atomic mass is 10.1. The van der Waals surface area contributed by atoms with Gasteiger partial charge in [-0.3, -0.25) is 4.72 Å². The van der Waals surface area contributed by atoms with Crippen molar-refractivity contribution in [2.45, 2.75) is 18.4 Å². The molecule has 0 amide bonds. The molecule has 6 heteroatoms. The summed E-state index contributed by atoms with van der Waals surface area (Å²) < 4.78 is 28.5. The van der Waals surface area contributed by atoms with Crippen molar-refractivity contribution >= 4 is 31.6 Å². The Morgan fingerprint density at radius 1 is 1.14 bits per heavy atom. The predicted octanol–water partition coefficient (Wildman–Crippen LogP) is 3.28. The maximum Gasteiger partial charge on any atom is 0.262 e. The summed E-state index contributed by atoms with van der Waals surface area (Å²) in [6.45, 7) is 2.39. The van der Waals surface area contributed by atoms with E-state index in [1.165, 1.54) is 0 Å². The van der Waals surface area contributed by atoms with Gasteiger partial charge in [0, 0.05) is 16.7 Å². The Morgan fingerprint density at radius 2 is 1.81 bits per heavy atom. The predicted molar refractivity (Wildman–Crippen MR) is 88.9 cm³/mol. The Morgan fingerprint density at radius 3 is 2.43 bits per heavy atom. The maximum atomic E-state index is 12.6. The summed E-state index contributed by atoms with van der Waals surface area (Å²) in [5.74, 6) is 0. The molecule has 0 aromatic heterocycles. The van der Waals surface area contributed by atoms with Crippen LogP contribution < -0.4 is 10.0 Å². The normalized spacial score (nSPS) is 11.4. The molecule has 0 aliphatic heterocycles. The van der Waals surface area contributed by atoms with E-state index in [2.05, 4.69) is 26.0 Å². The number of rotatable bonds is 5. The molecule has 0 spiro atoms. The number of nitrogens with one attached hydrogen (secondary N) is 2. The molecule has 112 valence electrons. The van der Waals surface area contributed by atoms with Crippen molar-refractivity contribution in [3.05, 3.63) is 58.1 Å². The van der Waals surface area contributed by atoms with E-state index in [9.17, 15) is 8.42 Å². The van der Waals surface area contributed by atoms with Gasteiger partial charge in [-0.2, -0.15) is 0 Å². The average molecular weight is 369 g/mol. The van der Waals surface area contributed by atoms with Crippen molar-refractivity contribution in [3.8, 4) is 0 Å². The Balaban J connectivity index is 2.44. The lowest BCUT2D eigenvalue weighted by molar-refractivity contribution is 0.600. The maximum absolute atomic E-state index is 12.6. The highest BCUT2D eigenvalue weighted by atomic mass is 79.9. The van der Waals surface area contributed by atoms with E-state index in [1.807, 2.05) is 19.2 Å². The third-order valence-corrected chi connectivity index (χ3v) is 5.38. The molecule has 4 nitrogen and oxygen atoms in total. The summed E-state index contributed by atoms with van der Waals surface area (Å²) >= 11 is 3.42. The van der Waals surface area contributed by atoms with Crippen LogP contribution in [0, 0.1) is 6.92 Å². The summed E-state index contributed by atoms with van der Waals surface area (Å²) in [6.07, 6.45) is 0. The number of halogens is 1. The van der Waals surface area contributed by atoms with E-state index in [1.54, 1.807) is 37.3 Å². The van der Waals surface area contributed by atoms with E-state index in [-0.39, 0.29) is 4.90 Å². The van der Waals surface area contributed by atoms with E-state index >= 15 is 0 Å². The lowest BCUT2D eigenvalue weighted by Crippen LogP contribution is -2.15. The van der Waals surface area contributed by atoms with Crippen LogP contribution in [-0.2, 0) is 16.6 Å². The number of benzene rings is 2. The van der Waals surface area contributed by atoms with Crippen LogP contribution in [0.4, 0.5) is 5.69 Å². The molecular formula is C15H17BrN2O2S. The number of para-hydroxylation sites is 1. The molecule has 2 rings (SSSR count). The smallest absolute Gasteiger partial charge is 0.262 e. The van der Waals surface area contributed by atoms with E-state index in [4.69, 9.17) is 0 Å². The molecule has 2 aromatic rings. The van der Waals surface area contributed by atoms with Gasteiger partial charge in [-0.25, -0.2) is 8.42 Å². The molecule has 0 fully saturated rings. The highest BCUT2D eigenvalue weighted by Gasteiger charge is 2.19. The van der Waals surface area contributed by atoms with Crippen LogP contribution in [0.2, 0.25) is 0 Å². The second-order valence-corrected chi connectivity index (χ2v) is 7.21. The van der Waals surface area contributed by atoms with Crippen molar-refractivity contribution in [1.29, 1.82) is 0 Å². The van der Waals surface area contributed by atoms with Crippen molar-refractivity contribution in [1.82, 2.24) is 5.32 Å². The summed E-state index contributed by atoms with van der Waals surface area (Å²) in [4.78, 5) is 0.283. The zero-order valence-corrected chi connectivity index (χ0v) is 14.3. The highest BCUT2D eigenvalue weighted by Crippen LogP contribution is 2.27. The molecule has 2 N–H and O–H groups in total. The summed E-state index contributed by atoms with van der Waals surface area (Å²) in [7, 11) is -1.79. The number of hydrogen-bond acceptors (Lipinski definition) is 3. The molecule has 0 aliphatic rings. The molecule has 0 radical (unpaired) electrons. The first-order valence-electron chi connectivity index (χ1n) is 6.45. The first-order chi connectivity index (χ1) is 9.94. The van der Waals surface area contributed by atoms with Crippen LogP contribution in [0.3, 0.4) is 0 Å². The molecule has 0 bridgehead atoms. The Hall–Kier alpha value is -1.37. The topological polar surface area (TPSA) is 58.2 Å². The zero-order valence-electron chi connectivity index (χ0n) is 11.9. The average Bonchev–Trinajstić information content (AvgIpc) is 2.43. The number of sulfonamides is 1. The van der Waals surface area contributed by atoms with Gasteiger partial charge in [0.2, 0.25) is 0 Å². The Kier molecular flexibility index (Phi) is 5.03. The first-order valence-corrected chi connectivity index (χ1v) is 8.73. The molecule has 0 saturated carbocycles. The van der Waals surface area contributed by atoms with Gasteiger partial charge in [0.15, 0.2) is 0 Å². The molecule has 0 unspecified atom stereocenters. The molecular weight excluding hydrogens is 352 g/mol. The molecule has 0 saturated heterocycles. The third kappa shape index (κ3) is 3.84. The fraction of sp³-hybridized carbons (Fsp3) is 0.200. The quantitative estimate of drug-likeness (QED) is 0.851. The van der Waals surface area contributed by atoms with Crippen molar-refractivity contribution in [2.75, 3.05) is 11.8 Å². The van der Waals surface area contributed by atoms with Crippen LogP contribution in [-0.4, -0.2) is 15.5 Å². The van der Waals surface area contributed by atoms with Gasteiger partial charge in [-0.1, -0.05) is 34.1 Å². The van der Waals surface area contributed by atoms with Crippen molar-refractivity contribution < 1.29 is 8.42 Å². The lowest BCUT2D eigenvalue weighted by Gasteiger charge is -2.13. The fourth-order valence-corrected chi connectivity index (χ4v) is 4.02. The van der Waals surface area contributed by atoms with Gasteiger partial charge in [-0.15, -0.1) is 0 Å². The molecule has 2 aromatic carbocycles. The van der Waals surface area contributed by atoms with Crippen molar-refractivity contribution in [2.24, 2.45) is 0 Å². The fourth-order valence-electron chi connectivity index (χ4n) is 2.01. The largest absolute Gasteiger partial charge is 0.316 e. The van der Waals surface area contributed by atoms with Gasteiger partial charge in [0.05, 0.1) is 4.90 Å². The number of anilines is 1. The van der Waals surface area contributed by atoms with Crippen LogP contribution in [0.15, 0.2) is 51.8 Å². The number of hydrogen-bond donors (Lipinski definition) is 2. The van der Waals surface area contributed by atoms with Gasteiger partial charge >= 0.3 is 0 Å². The molecule has 0 atom stereocenters. The first kappa shape index (κ1) is 16.0. The van der Waals surface area contributed by atoms with Crippen LogP contribution >= 0.6 is 15.9 Å². The molecule has 0 heterocycles.